The molecule has 6 heteroatoms. The number of aliphatic hydroxyl groups excluding tert-OH is 1. The maximum absolute atomic E-state index is 11.1. The molecule has 2 heterocycles. The standard InChI is InChI=1S/C11H12O6/c1-6(12)15-11-7(5-10(14)17-11)8-3-2-4-9(13)16-8/h2,4-5,8-9,11,13H,3H2,1H3/t8-,9?,11-/m1/s1. The number of hydrogen-bond donors (Lipinski definition) is 1. The molecule has 1 N–H and O–H groups in total. The SMILES string of the molecule is CC(=O)O[C@@H]1OC(=O)C=C1[C@H]1CC=CC(O)O1. The number of rotatable bonds is 2. The average Bonchev–Trinajstić information content (AvgIpc) is 2.58. The summed E-state index contributed by atoms with van der Waals surface area (Å²) in [4.78, 5) is 22.0. The second kappa shape index (κ2) is 4.68. The Hall–Kier alpha value is -1.66. The number of cyclic esters (lactones) is 1. The molecule has 0 aromatic carbocycles. The Kier molecular flexibility index (Phi) is 3.26. The summed E-state index contributed by atoms with van der Waals surface area (Å²) in [7, 11) is 0. The van der Waals surface area contributed by atoms with Gasteiger partial charge in [0.15, 0.2) is 6.29 Å². The number of hydrogen-bond acceptors (Lipinski definition) is 6. The maximum Gasteiger partial charge on any atom is 0.334 e. The summed E-state index contributed by atoms with van der Waals surface area (Å²) in [6, 6.07) is 0. The molecule has 6 nitrogen and oxygen atoms in total. The van der Waals surface area contributed by atoms with Gasteiger partial charge in [-0.3, -0.25) is 4.79 Å². The van der Waals surface area contributed by atoms with Crippen LogP contribution in [0.5, 0.6) is 0 Å². The van der Waals surface area contributed by atoms with Crippen LogP contribution in [0.25, 0.3) is 0 Å². The van der Waals surface area contributed by atoms with E-state index in [9.17, 15) is 14.7 Å². The highest BCUT2D eigenvalue weighted by molar-refractivity contribution is 5.86. The summed E-state index contributed by atoms with van der Waals surface area (Å²) in [6.45, 7) is 1.22. The summed E-state index contributed by atoms with van der Waals surface area (Å²) in [5.41, 5.74) is 0.411. The molecule has 0 spiro atoms. The van der Waals surface area contributed by atoms with Crippen molar-refractivity contribution >= 4 is 11.9 Å². The highest BCUT2D eigenvalue weighted by atomic mass is 16.7. The van der Waals surface area contributed by atoms with Crippen molar-refractivity contribution in [2.45, 2.75) is 32.0 Å². The van der Waals surface area contributed by atoms with Crippen LogP contribution in [0.4, 0.5) is 0 Å². The molecule has 0 saturated heterocycles. The quantitative estimate of drug-likeness (QED) is 0.541. The van der Waals surface area contributed by atoms with Crippen molar-refractivity contribution < 1.29 is 28.9 Å². The van der Waals surface area contributed by atoms with Gasteiger partial charge in [0, 0.05) is 18.6 Å². The largest absolute Gasteiger partial charge is 0.421 e. The third-order valence-corrected chi connectivity index (χ3v) is 2.38. The van der Waals surface area contributed by atoms with Gasteiger partial charge >= 0.3 is 11.9 Å². The lowest BCUT2D eigenvalue weighted by Crippen LogP contribution is -2.31. The third kappa shape index (κ3) is 2.72. The second-order valence-corrected chi connectivity index (χ2v) is 3.70. The molecule has 2 aliphatic rings. The fourth-order valence-corrected chi connectivity index (χ4v) is 1.70. The number of carbonyl (C=O) groups excluding carboxylic acids is 2. The van der Waals surface area contributed by atoms with Gasteiger partial charge in [-0.25, -0.2) is 4.79 Å². The number of aliphatic hydroxyl groups is 1. The zero-order chi connectivity index (χ0) is 12.4. The Morgan fingerprint density at radius 1 is 1.59 bits per heavy atom. The van der Waals surface area contributed by atoms with E-state index in [0.29, 0.717) is 12.0 Å². The Bertz CT molecular complexity index is 397. The smallest absolute Gasteiger partial charge is 0.334 e. The minimum atomic E-state index is -1.05. The molecule has 0 amide bonds. The van der Waals surface area contributed by atoms with Crippen LogP contribution < -0.4 is 0 Å². The van der Waals surface area contributed by atoms with Crippen molar-refractivity contribution in [3.8, 4) is 0 Å². The molecular formula is C11H12O6. The summed E-state index contributed by atoms with van der Waals surface area (Å²) < 4.78 is 14.9. The molecule has 0 saturated carbocycles. The fraction of sp³-hybridized carbons (Fsp3) is 0.455. The highest BCUT2D eigenvalue weighted by Crippen LogP contribution is 2.27. The Morgan fingerprint density at radius 3 is 3.00 bits per heavy atom. The number of carbonyl (C=O) groups is 2. The van der Waals surface area contributed by atoms with E-state index in [1.54, 1.807) is 6.08 Å². The lowest BCUT2D eigenvalue weighted by molar-refractivity contribution is -0.175. The molecule has 2 rings (SSSR count). The van der Waals surface area contributed by atoms with E-state index >= 15 is 0 Å². The molecule has 0 fully saturated rings. The summed E-state index contributed by atoms with van der Waals surface area (Å²) in [6.07, 6.45) is 2.34. The van der Waals surface area contributed by atoms with Gasteiger partial charge < -0.3 is 19.3 Å². The summed E-state index contributed by atoms with van der Waals surface area (Å²) in [5, 5.41) is 9.30. The van der Waals surface area contributed by atoms with Crippen LogP contribution in [0.3, 0.4) is 0 Å². The Balaban J connectivity index is 2.12. The van der Waals surface area contributed by atoms with Crippen molar-refractivity contribution in [1.82, 2.24) is 0 Å². The van der Waals surface area contributed by atoms with Crippen LogP contribution in [0.1, 0.15) is 13.3 Å². The monoisotopic (exact) mass is 240 g/mol. The molecule has 92 valence electrons. The molecule has 0 aromatic rings. The number of esters is 2. The van der Waals surface area contributed by atoms with Gasteiger partial charge in [0.2, 0.25) is 0 Å². The summed E-state index contributed by atoms with van der Waals surface area (Å²) in [5.74, 6) is -1.14. The van der Waals surface area contributed by atoms with Crippen LogP contribution in [-0.2, 0) is 23.8 Å². The predicted molar refractivity (Wildman–Crippen MR) is 54.4 cm³/mol. The maximum atomic E-state index is 11.1. The van der Waals surface area contributed by atoms with Crippen LogP contribution >= 0.6 is 0 Å². The zero-order valence-corrected chi connectivity index (χ0v) is 9.16. The van der Waals surface area contributed by atoms with Crippen molar-refractivity contribution in [3.05, 3.63) is 23.8 Å². The zero-order valence-electron chi connectivity index (χ0n) is 9.16. The van der Waals surface area contributed by atoms with Crippen molar-refractivity contribution in [3.63, 3.8) is 0 Å². The van der Waals surface area contributed by atoms with Crippen LogP contribution in [0.15, 0.2) is 23.8 Å². The van der Waals surface area contributed by atoms with Crippen molar-refractivity contribution in [2.75, 3.05) is 0 Å². The van der Waals surface area contributed by atoms with Crippen molar-refractivity contribution in [2.24, 2.45) is 0 Å². The van der Waals surface area contributed by atoms with Gasteiger partial charge in [-0.05, 0) is 12.5 Å². The molecule has 17 heavy (non-hydrogen) atoms. The summed E-state index contributed by atoms with van der Waals surface area (Å²) >= 11 is 0. The molecule has 0 aromatic heterocycles. The minimum Gasteiger partial charge on any atom is -0.421 e. The Labute approximate surface area is 97.5 Å². The number of ether oxygens (including phenoxy) is 3. The van der Waals surface area contributed by atoms with Crippen LogP contribution in [-0.4, -0.2) is 35.7 Å². The van der Waals surface area contributed by atoms with Gasteiger partial charge in [0.05, 0.1) is 6.10 Å². The van der Waals surface area contributed by atoms with Crippen LogP contribution in [0, 0.1) is 0 Å². The van der Waals surface area contributed by atoms with E-state index in [2.05, 4.69) is 0 Å². The van der Waals surface area contributed by atoms with Gasteiger partial charge in [-0.1, -0.05) is 6.08 Å². The van der Waals surface area contributed by atoms with E-state index in [1.807, 2.05) is 0 Å². The highest BCUT2D eigenvalue weighted by Gasteiger charge is 2.35. The minimum absolute atomic E-state index is 0.411. The van der Waals surface area contributed by atoms with Gasteiger partial charge in [-0.2, -0.15) is 0 Å². The molecule has 0 aliphatic carbocycles. The molecule has 0 radical (unpaired) electrons. The van der Waals surface area contributed by atoms with E-state index in [0.717, 1.165) is 0 Å². The van der Waals surface area contributed by atoms with E-state index < -0.39 is 30.6 Å². The van der Waals surface area contributed by atoms with E-state index in [-0.39, 0.29) is 0 Å². The molecule has 1 unspecified atom stereocenters. The van der Waals surface area contributed by atoms with E-state index in [4.69, 9.17) is 14.2 Å². The second-order valence-electron chi connectivity index (χ2n) is 3.70. The van der Waals surface area contributed by atoms with Gasteiger partial charge in [0.1, 0.15) is 0 Å². The molecule has 2 aliphatic heterocycles. The average molecular weight is 240 g/mol. The Morgan fingerprint density at radius 2 is 2.35 bits per heavy atom. The predicted octanol–water partition coefficient (Wildman–Crippen LogP) is 0.0223. The molecular weight excluding hydrogens is 228 g/mol. The van der Waals surface area contributed by atoms with Crippen molar-refractivity contribution in [1.29, 1.82) is 0 Å². The third-order valence-electron chi connectivity index (χ3n) is 2.38. The fourth-order valence-electron chi connectivity index (χ4n) is 1.70. The first-order chi connectivity index (χ1) is 8.06. The molecule has 0 bridgehead atoms. The first-order valence-electron chi connectivity index (χ1n) is 5.16. The normalized spacial score (nSPS) is 32.0. The topological polar surface area (TPSA) is 82.1 Å². The first kappa shape index (κ1) is 11.8. The first-order valence-corrected chi connectivity index (χ1v) is 5.16. The lowest BCUT2D eigenvalue weighted by Gasteiger charge is -2.25. The van der Waals surface area contributed by atoms with Gasteiger partial charge in [0.25, 0.3) is 6.29 Å². The van der Waals surface area contributed by atoms with Crippen LogP contribution in [0.2, 0.25) is 0 Å². The van der Waals surface area contributed by atoms with Gasteiger partial charge in [-0.15, -0.1) is 0 Å². The lowest BCUT2D eigenvalue weighted by atomic mass is 10.0. The molecule has 3 atom stereocenters. The van der Waals surface area contributed by atoms with E-state index in [1.165, 1.54) is 19.1 Å².